The largest absolute Gasteiger partial charge is 2.00 e. The van der Waals surface area contributed by atoms with Crippen LogP contribution in [0.25, 0.3) is 44.4 Å². The molecule has 8 nitrogen and oxygen atoms in total. The minimum Gasteiger partial charge on any atom is -0.550 e. The number of aliphatic carboxylic acids is 2. The third-order valence-electron chi connectivity index (χ3n) is 8.67. The maximum atomic E-state index is 11.4. The fourth-order valence-electron chi connectivity index (χ4n) is 6.21. The Hall–Kier alpha value is -3.94. The molecule has 0 saturated carbocycles. The van der Waals surface area contributed by atoms with Gasteiger partial charge in [0.25, 0.3) is 0 Å². The van der Waals surface area contributed by atoms with Gasteiger partial charge in [0.2, 0.25) is 0 Å². The van der Waals surface area contributed by atoms with E-state index in [2.05, 4.69) is 43.7 Å². The monoisotopic (exact) mass is 619 g/mol. The fourth-order valence-corrected chi connectivity index (χ4v) is 6.21. The second-order valence-corrected chi connectivity index (χ2v) is 11.1. The standard InChI is InChI=1S/C34H38N4O4.Mn/c1-7-21-17(3)25-13-26-19(5)23(9-11-33(39)40)31(37-26)16-32-24(10-12-34(41)42)20(6)28(38-32)15-30-22(8-2)18(4)27(36-30)14-29(21)35-25;/h13-16,35-36H,7-12H2,1-6H3,(H,39,40)(H,41,42);/q;+2/p-2. The molecule has 5 rings (SSSR count). The van der Waals surface area contributed by atoms with Gasteiger partial charge >= 0.3 is 17.1 Å². The Morgan fingerprint density at radius 1 is 0.628 bits per heavy atom. The van der Waals surface area contributed by atoms with Gasteiger partial charge in [-0.3, -0.25) is 0 Å². The van der Waals surface area contributed by atoms with E-state index in [4.69, 9.17) is 9.97 Å². The van der Waals surface area contributed by atoms with E-state index in [-0.39, 0.29) is 42.8 Å². The van der Waals surface area contributed by atoms with Crippen molar-refractivity contribution < 1.29 is 36.9 Å². The van der Waals surface area contributed by atoms with Crippen LogP contribution in [0.2, 0.25) is 0 Å². The zero-order chi connectivity index (χ0) is 30.3. The van der Waals surface area contributed by atoms with Crippen LogP contribution in [0, 0.1) is 13.8 Å². The van der Waals surface area contributed by atoms with E-state index < -0.39 is 11.9 Å². The molecule has 1 radical (unpaired) electrons. The summed E-state index contributed by atoms with van der Waals surface area (Å²) in [5.74, 6) is -2.25. The molecule has 2 aliphatic rings. The van der Waals surface area contributed by atoms with E-state index in [1.807, 2.05) is 32.0 Å². The van der Waals surface area contributed by atoms with Crippen molar-refractivity contribution in [3.63, 3.8) is 0 Å². The molecule has 0 aromatic carbocycles. The Kier molecular flexibility index (Phi) is 9.47. The van der Waals surface area contributed by atoms with E-state index in [0.29, 0.717) is 11.4 Å². The fraction of sp³-hybridized carbons (Fsp3) is 0.353. The van der Waals surface area contributed by atoms with Gasteiger partial charge in [0.1, 0.15) is 0 Å². The summed E-state index contributed by atoms with van der Waals surface area (Å²) in [7, 11) is 0. The Morgan fingerprint density at radius 2 is 1.02 bits per heavy atom. The molecule has 0 unspecified atom stereocenters. The number of carbonyl (C=O) groups excluding carboxylic acids is 2. The Balaban J connectivity index is 0.00000423. The van der Waals surface area contributed by atoms with Crippen molar-refractivity contribution in [3.05, 3.63) is 69.3 Å². The van der Waals surface area contributed by atoms with Gasteiger partial charge in [-0.15, -0.1) is 0 Å². The van der Waals surface area contributed by atoms with Crippen molar-refractivity contribution in [2.75, 3.05) is 0 Å². The van der Waals surface area contributed by atoms with Gasteiger partial charge in [0, 0.05) is 34.0 Å². The maximum absolute atomic E-state index is 11.4. The normalized spacial score (nSPS) is 13.0. The molecule has 0 saturated heterocycles. The van der Waals surface area contributed by atoms with E-state index in [1.165, 1.54) is 16.7 Å². The molecule has 43 heavy (non-hydrogen) atoms. The van der Waals surface area contributed by atoms with E-state index in [1.54, 1.807) is 0 Å². The van der Waals surface area contributed by atoms with Crippen LogP contribution in [0.4, 0.5) is 0 Å². The molecule has 0 fully saturated rings. The van der Waals surface area contributed by atoms with Crippen LogP contribution >= 0.6 is 0 Å². The summed E-state index contributed by atoms with van der Waals surface area (Å²) < 4.78 is 0. The Labute approximate surface area is 261 Å². The summed E-state index contributed by atoms with van der Waals surface area (Å²) in [4.78, 5) is 40.0. The number of rotatable bonds is 8. The number of aryl methyl sites for hydroxylation is 4. The quantitative estimate of drug-likeness (QED) is 0.342. The molecular formula is C34H36MnN4O4. The zero-order valence-corrected chi connectivity index (χ0v) is 26.6. The summed E-state index contributed by atoms with van der Waals surface area (Å²) in [6.45, 7) is 12.4. The van der Waals surface area contributed by atoms with Crippen LogP contribution in [0.15, 0.2) is 24.3 Å². The molecule has 3 aromatic heterocycles. The third-order valence-corrected chi connectivity index (χ3v) is 8.67. The van der Waals surface area contributed by atoms with Gasteiger partial charge < -0.3 is 29.8 Å². The zero-order valence-electron chi connectivity index (χ0n) is 25.5. The van der Waals surface area contributed by atoms with Crippen LogP contribution in [0.3, 0.4) is 0 Å². The predicted octanol–water partition coefficient (Wildman–Crippen LogP) is 4.98. The van der Waals surface area contributed by atoms with Crippen molar-refractivity contribution in [1.82, 2.24) is 19.9 Å². The number of aromatic nitrogens is 4. The molecule has 0 atom stereocenters. The van der Waals surface area contributed by atoms with Crippen LogP contribution in [0.1, 0.15) is 98.4 Å². The molecule has 5 heterocycles. The van der Waals surface area contributed by atoms with Crippen molar-refractivity contribution in [2.45, 2.75) is 80.1 Å². The molecule has 0 spiro atoms. The number of hydrogen-bond donors (Lipinski definition) is 2. The van der Waals surface area contributed by atoms with E-state index >= 15 is 0 Å². The van der Waals surface area contributed by atoms with Crippen LogP contribution in [-0.4, -0.2) is 31.9 Å². The van der Waals surface area contributed by atoms with Gasteiger partial charge in [-0.05, 0) is 135 Å². The summed E-state index contributed by atoms with van der Waals surface area (Å²) >= 11 is 0. The summed E-state index contributed by atoms with van der Waals surface area (Å²) in [6, 6.07) is 8.09. The number of hydrogen-bond acceptors (Lipinski definition) is 6. The first-order chi connectivity index (χ1) is 20.0. The SMILES string of the molecule is CCc1c(C)c2cc3[nH]c(cc4nc(cc5nc(cc1[nH]2)C(C)=C5CCC(=O)[O-])C(CCC(=O)[O-])=C4C)c(C)c3CC.[Mn+2]. The average molecular weight is 620 g/mol. The number of fused-ring (bicyclic) bond motifs is 8. The van der Waals surface area contributed by atoms with Gasteiger partial charge in [-0.2, -0.15) is 0 Å². The molecule has 0 aliphatic carbocycles. The van der Waals surface area contributed by atoms with E-state index in [0.717, 1.165) is 74.2 Å². The van der Waals surface area contributed by atoms with Gasteiger partial charge in [-0.25, -0.2) is 9.97 Å². The molecular weight excluding hydrogens is 583 g/mol. The maximum Gasteiger partial charge on any atom is 2.00 e. The van der Waals surface area contributed by atoms with Gasteiger partial charge in [0.15, 0.2) is 0 Å². The Morgan fingerprint density at radius 3 is 1.44 bits per heavy atom. The van der Waals surface area contributed by atoms with Gasteiger partial charge in [-0.1, -0.05) is 13.8 Å². The van der Waals surface area contributed by atoms with Crippen molar-refractivity contribution in [3.8, 4) is 0 Å². The summed E-state index contributed by atoms with van der Waals surface area (Å²) in [5, 5.41) is 22.8. The van der Waals surface area contributed by atoms with Gasteiger partial charge in [0.05, 0.1) is 22.8 Å². The number of carboxylic acid groups (broad SMARTS) is 2. The molecule has 223 valence electrons. The Bertz CT molecular complexity index is 1860. The van der Waals surface area contributed by atoms with Crippen molar-refractivity contribution in [2.24, 2.45) is 0 Å². The first-order valence-corrected chi connectivity index (χ1v) is 14.6. The molecule has 2 aliphatic heterocycles. The first-order valence-electron chi connectivity index (χ1n) is 14.6. The molecule has 8 bridgehead atoms. The average Bonchev–Trinajstić information content (AvgIpc) is 3.59. The topological polar surface area (TPSA) is 138 Å². The number of nitrogens with zero attached hydrogens (tertiary/aromatic N) is 2. The molecule has 9 heteroatoms. The van der Waals surface area contributed by atoms with Crippen molar-refractivity contribution in [1.29, 1.82) is 0 Å². The molecule has 2 N–H and O–H groups in total. The first kappa shape index (κ1) is 32.0. The predicted molar refractivity (Wildman–Crippen MR) is 163 cm³/mol. The number of allylic oxidation sites excluding steroid dienone is 4. The van der Waals surface area contributed by atoms with Crippen LogP contribution < -0.4 is 10.2 Å². The van der Waals surface area contributed by atoms with Crippen LogP contribution in [-0.2, 0) is 39.5 Å². The number of carboxylic acids is 2. The molecule has 3 aromatic rings. The molecule has 0 amide bonds. The second-order valence-electron chi connectivity index (χ2n) is 11.1. The number of H-pyrrole nitrogens is 2. The second kappa shape index (κ2) is 12.7. The number of aromatic amines is 2. The number of nitrogens with one attached hydrogen (secondary N) is 2. The third kappa shape index (κ3) is 6.10. The van der Waals surface area contributed by atoms with Crippen molar-refractivity contribution >= 4 is 56.3 Å². The number of carbonyl (C=O) groups is 2. The van der Waals surface area contributed by atoms with E-state index in [9.17, 15) is 19.8 Å². The minimum atomic E-state index is -1.13. The summed E-state index contributed by atoms with van der Waals surface area (Å²) in [6.07, 6.45) is 1.96. The van der Waals surface area contributed by atoms with Crippen LogP contribution in [0.5, 0.6) is 0 Å². The summed E-state index contributed by atoms with van der Waals surface area (Å²) in [5.41, 5.74) is 14.9. The minimum absolute atomic E-state index is 0. The smallest absolute Gasteiger partial charge is 0.550 e.